The van der Waals surface area contributed by atoms with Gasteiger partial charge in [0.1, 0.15) is 0 Å². The zero-order valence-electron chi connectivity index (χ0n) is 13.6. The highest BCUT2D eigenvalue weighted by molar-refractivity contribution is 6.30. The molecule has 1 aliphatic heterocycles. The van der Waals surface area contributed by atoms with Gasteiger partial charge in [-0.15, -0.1) is 0 Å². The van der Waals surface area contributed by atoms with Crippen molar-refractivity contribution in [2.45, 2.75) is 13.8 Å². The molecule has 2 aromatic rings. The minimum Gasteiger partial charge on any atom is -0.368 e. The summed E-state index contributed by atoms with van der Waals surface area (Å²) in [5, 5.41) is 0.602. The molecular weight excluding hydrogens is 308 g/mol. The molecule has 0 radical (unpaired) electrons. The SMILES string of the molecule is Cc1cccc(C)c1N1CCN(C(=O)c2cccc(Cl)c2)CC1. The molecule has 1 heterocycles. The second-order valence-corrected chi connectivity index (χ2v) is 6.47. The van der Waals surface area contributed by atoms with Crippen molar-refractivity contribution in [3.05, 3.63) is 64.2 Å². The fraction of sp³-hybridized carbons (Fsp3) is 0.316. The topological polar surface area (TPSA) is 23.6 Å². The maximum Gasteiger partial charge on any atom is 0.254 e. The smallest absolute Gasteiger partial charge is 0.254 e. The van der Waals surface area contributed by atoms with Crippen LogP contribution in [0.4, 0.5) is 5.69 Å². The van der Waals surface area contributed by atoms with E-state index in [0.717, 1.165) is 26.2 Å². The van der Waals surface area contributed by atoms with Gasteiger partial charge < -0.3 is 9.80 Å². The molecule has 2 aromatic carbocycles. The van der Waals surface area contributed by atoms with Crippen LogP contribution in [-0.2, 0) is 0 Å². The predicted molar refractivity (Wildman–Crippen MR) is 95.5 cm³/mol. The van der Waals surface area contributed by atoms with Crippen molar-refractivity contribution in [1.29, 1.82) is 0 Å². The average Bonchev–Trinajstić information content (AvgIpc) is 2.55. The van der Waals surface area contributed by atoms with Gasteiger partial charge in [-0.3, -0.25) is 4.79 Å². The van der Waals surface area contributed by atoms with Gasteiger partial charge in [0, 0.05) is 42.5 Å². The molecule has 1 amide bonds. The molecular formula is C19H21ClN2O. The first-order valence-corrected chi connectivity index (χ1v) is 8.30. The Morgan fingerprint density at radius 2 is 1.57 bits per heavy atom. The van der Waals surface area contributed by atoms with Crippen LogP contribution in [0.2, 0.25) is 5.02 Å². The van der Waals surface area contributed by atoms with Crippen LogP contribution in [0.25, 0.3) is 0 Å². The number of hydrogen-bond donors (Lipinski definition) is 0. The second kappa shape index (κ2) is 6.63. The van der Waals surface area contributed by atoms with Crippen molar-refractivity contribution >= 4 is 23.2 Å². The Morgan fingerprint density at radius 1 is 0.957 bits per heavy atom. The molecule has 0 aliphatic carbocycles. The molecule has 23 heavy (non-hydrogen) atoms. The minimum absolute atomic E-state index is 0.0636. The van der Waals surface area contributed by atoms with Crippen molar-refractivity contribution in [3.8, 4) is 0 Å². The van der Waals surface area contributed by atoms with E-state index in [-0.39, 0.29) is 5.91 Å². The normalized spacial score (nSPS) is 14.9. The molecule has 3 nitrogen and oxygen atoms in total. The third kappa shape index (κ3) is 3.35. The molecule has 1 aliphatic rings. The Hall–Kier alpha value is -2.00. The number of carbonyl (C=O) groups is 1. The fourth-order valence-electron chi connectivity index (χ4n) is 3.24. The summed E-state index contributed by atoms with van der Waals surface area (Å²) in [6.45, 7) is 7.48. The Bertz CT molecular complexity index is 701. The molecule has 0 spiro atoms. The number of halogens is 1. The number of piperazine rings is 1. The molecule has 0 unspecified atom stereocenters. The molecule has 0 bridgehead atoms. The lowest BCUT2D eigenvalue weighted by Crippen LogP contribution is -2.49. The van der Waals surface area contributed by atoms with Gasteiger partial charge in [-0.1, -0.05) is 35.9 Å². The summed E-state index contributed by atoms with van der Waals surface area (Å²) in [7, 11) is 0. The summed E-state index contributed by atoms with van der Waals surface area (Å²) in [4.78, 5) is 16.9. The largest absolute Gasteiger partial charge is 0.368 e. The summed E-state index contributed by atoms with van der Waals surface area (Å²) in [5.41, 5.74) is 4.56. The standard InChI is InChI=1S/C19H21ClN2O/c1-14-5-3-6-15(2)18(14)21-9-11-22(12-10-21)19(23)16-7-4-8-17(20)13-16/h3-8,13H,9-12H2,1-2H3. The first-order chi connectivity index (χ1) is 11.1. The van der Waals surface area contributed by atoms with Crippen LogP contribution in [0.15, 0.2) is 42.5 Å². The second-order valence-electron chi connectivity index (χ2n) is 6.03. The molecule has 1 saturated heterocycles. The lowest BCUT2D eigenvalue weighted by Gasteiger charge is -2.37. The summed E-state index contributed by atoms with van der Waals surface area (Å²) >= 11 is 5.99. The number of para-hydroxylation sites is 1. The van der Waals surface area contributed by atoms with Gasteiger partial charge in [-0.05, 0) is 43.2 Å². The van der Waals surface area contributed by atoms with E-state index in [2.05, 4.69) is 36.9 Å². The van der Waals surface area contributed by atoms with Gasteiger partial charge in [0.05, 0.1) is 0 Å². The third-order valence-electron chi connectivity index (χ3n) is 4.39. The van der Waals surface area contributed by atoms with Crippen molar-refractivity contribution in [3.63, 3.8) is 0 Å². The van der Waals surface area contributed by atoms with E-state index in [0.29, 0.717) is 10.6 Å². The summed E-state index contributed by atoms with van der Waals surface area (Å²) in [6, 6.07) is 13.6. The minimum atomic E-state index is 0.0636. The number of amides is 1. The maximum absolute atomic E-state index is 12.6. The Balaban J connectivity index is 1.70. The highest BCUT2D eigenvalue weighted by Crippen LogP contribution is 2.26. The van der Waals surface area contributed by atoms with E-state index in [4.69, 9.17) is 11.6 Å². The quantitative estimate of drug-likeness (QED) is 0.834. The number of hydrogen-bond acceptors (Lipinski definition) is 2. The van der Waals surface area contributed by atoms with Gasteiger partial charge in [0.2, 0.25) is 0 Å². The zero-order valence-corrected chi connectivity index (χ0v) is 14.3. The van der Waals surface area contributed by atoms with Crippen LogP contribution < -0.4 is 4.90 Å². The average molecular weight is 329 g/mol. The van der Waals surface area contributed by atoms with E-state index < -0.39 is 0 Å². The van der Waals surface area contributed by atoms with Gasteiger partial charge in [-0.25, -0.2) is 0 Å². The Morgan fingerprint density at radius 3 is 2.17 bits per heavy atom. The third-order valence-corrected chi connectivity index (χ3v) is 4.63. The fourth-order valence-corrected chi connectivity index (χ4v) is 3.43. The lowest BCUT2D eigenvalue weighted by molar-refractivity contribution is 0.0747. The Labute approximate surface area is 142 Å². The lowest BCUT2D eigenvalue weighted by atomic mass is 10.1. The molecule has 4 heteroatoms. The van der Waals surface area contributed by atoms with Gasteiger partial charge in [-0.2, -0.15) is 0 Å². The van der Waals surface area contributed by atoms with E-state index >= 15 is 0 Å². The monoisotopic (exact) mass is 328 g/mol. The summed E-state index contributed by atoms with van der Waals surface area (Å²) < 4.78 is 0. The highest BCUT2D eigenvalue weighted by atomic mass is 35.5. The molecule has 0 saturated carbocycles. The van der Waals surface area contributed by atoms with E-state index in [9.17, 15) is 4.79 Å². The summed E-state index contributed by atoms with van der Waals surface area (Å²) in [5.74, 6) is 0.0636. The van der Waals surface area contributed by atoms with Gasteiger partial charge in [0.25, 0.3) is 5.91 Å². The number of aryl methyl sites for hydroxylation is 2. The Kier molecular flexibility index (Phi) is 4.58. The number of benzene rings is 2. The molecule has 3 rings (SSSR count). The van der Waals surface area contributed by atoms with E-state index in [1.165, 1.54) is 16.8 Å². The number of rotatable bonds is 2. The first kappa shape index (κ1) is 15.9. The van der Waals surface area contributed by atoms with E-state index in [1.807, 2.05) is 17.0 Å². The molecule has 0 atom stereocenters. The highest BCUT2D eigenvalue weighted by Gasteiger charge is 2.23. The van der Waals surface area contributed by atoms with Crippen LogP contribution in [0.5, 0.6) is 0 Å². The van der Waals surface area contributed by atoms with Gasteiger partial charge in [0.15, 0.2) is 0 Å². The van der Waals surface area contributed by atoms with Crippen molar-refractivity contribution in [1.82, 2.24) is 4.90 Å². The van der Waals surface area contributed by atoms with Crippen molar-refractivity contribution in [2.75, 3.05) is 31.1 Å². The zero-order chi connectivity index (χ0) is 16.4. The number of carbonyl (C=O) groups excluding carboxylic acids is 1. The molecule has 0 N–H and O–H groups in total. The molecule has 120 valence electrons. The maximum atomic E-state index is 12.6. The molecule has 1 fully saturated rings. The van der Waals surface area contributed by atoms with Gasteiger partial charge >= 0.3 is 0 Å². The van der Waals surface area contributed by atoms with Crippen molar-refractivity contribution < 1.29 is 4.79 Å². The number of anilines is 1. The first-order valence-electron chi connectivity index (χ1n) is 7.92. The predicted octanol–water partition coefficient (Wildman–Crippen LogP) is 3.92. The number of nitrogens with zero attached hydrogens (tertiary/aromatic N) is 2. The van der Waals surface area contributed by atoms with Crippen LogP contribution in [0, 0.1) is 13.8 Å². The van der Waals surface area contributed by atoms with Crippen LogP contribution >= 0.6 is 11.6 Å². The van der Waals surface area contributed by atoms with E-state index in [1.54, 1.807) is 12.1 Å². The van der Waals surface area contributed by atoms with Crippen LogP contribution in [0.3, 0.4) is 0 Å². The molecule has 0 aromatic heterocycles. The van der Waals surface area contributed by atoms with Crippen LogP contribution in [-0.4, -0.2) is 37.0 Å². The van der Waals surface area contributed by atoms with Crippen molar-refractivity contribution in [2.24, 2.45) is 0 Å². The summed E-state index contributed by atoms with van der Waals surface area (Å²) in [6.07, 6.45) is 0. The van der Waals surface area contributed by atoms with Crippen LogP contribution in [0.1, 0.15) is 21.5 Å².